The lowest BCUT2D eigenvalue weighted by molar-refractivity contribution is -0.402. The minimum absolute atomic E-state index is 0.177. The molecule has 1 aromatic carbocycles. The number of hydrogen-bond acceptors (Lipinski definition) is 7. The average molecular weight is 396 g/mol. The highest BCUT2D eigenvalue weighted by Crippen LogP contribution is 2.23. The summed E-state index contributed by atoms with van der Waals surface area (Å²) >= 11 is 1.33. The third kappa shape index (κ3) is 5.04. The molecule has 3 rings (SSSR count). The van der Waals surface area contributed by atoms with Crippen molar-refractivity contribution in [2.24, 2.45) is 5.10 Å². The number of para-hydroxylation sites is 1. The highest BCUT2D eigenvalue weighted by Gasteiger charge is 2.09. The number of hydrazone groups is 1. The topological polar surface area (TPSA) is 111 Å². The Morgan fingerprint density at radius 1 is 1.36 bits per heavy atom. The summed E-state index contributed by atoms with van der Waals surface area (Å²) in [6.45, 7) is 2.01. The number of aromatic nitrogens is 1. The molecule has 0 aliphatic rings. The van der Waals surface area contributed by atoms with Gasteiger partial charge in [0.25, 0.3) is 0 Å². The van der Waals surface area contributed by atoms with Crippen molar-refractivity contribution in [3.63, 3.8) is 0 Å². The third-order valence-corrected chi connectivity index (χ3v) is 4.56. The molecule has 0 saturated heterocycles. The van der Waals surface area contributed by atoms with Gasteiger partial charge in [0.05, 0.1) is 22.4 Å². The molecule has 0 aliphatic carbocycles. The van der Waals surface area contributed by atoms with E-state index in [0.29, 0.717) is 5.76 Å². The predicted octanol–water partition coefficient (Wildman–Crippen LogP) is 3.95. The first kappa shape index (κ1) is 19.3. The lowest BCUT2D eigenvalue weighted by atomic mass is 10.1. The molecule has 0 atom stereocenters. The van der Waals surface area contributed by atoms with Crippen LogP contribution in [0.3, 0.4) is 0 Å². The second-order valence-corrected chi connectivity index (χ2v) is 6.68. The van der Waals surface area contributed by atoms with Crippen molar-refractivity contribution in [1.29, 1.82) is 0 Å². The largest absolute Gasteiger partial charge is 0.433 e. The molecular formula is C19H16N4O4S. The number of furan rings is 1. The van der Waals surface area contributed by atoms with E-state index in [2.05, 4.69) is 15.5 Å². The van der Waals surface area contributed by atoms with Crippen LogP contribution in [0.4, 0.5) is 5.88 Å². The number of hydrogen-bond donors (Lipinski definition) is 1. The maximum atomic E-state index is 11.9. The first-order valence-corrected chi connectivity index (χ1v) is 9.23. The Hall–Kier alpha value is -3.46. The number of benzene rings is 1. The van der Waals surface area contributed by atoms with Crippen LogP contribution in [0.1, 0.15) is 11.3 Å². The Bertz CT molecular complexity index is 1070. The number of amides is 1. The van der Waals surface area contributed by atoms with Crippen molar-refractivity contribution in [2.45, 2.75) is 11.9 Å². The van der Waals surface area contributed by atoms with Crippen LogP contribution in [0, 0.1) is 17.0 Å². The molecule has 0 bridgehead atoms. The van der Waals surface area contributed by atoms with Crippen LogP contribution in [0.15, 0.2) is 63.1 Å². The first-order chi connectivity index (χ1) is 13.5. The van der Waals surface area contributed by atoms with E-state index < -0.39 is 4.92 Å². The third-order valence-electron chi connectivity index (χ3n) is 3.65. The van der Waals surface area contributed by atoms with E-state index in [0.717, 1.165) is 21.5 Å². The van der Waals surface area contributed by atoms with Crippen molar-refractivity contribution >= 4 is 46.7 Å². The molecule has 9 heteroatoms. The van der Waals surface area contributed by atoms with Crippen molar-refractivity contribution in [2.75, 3.05) is 5.75 Å². The number of aryl methyl sites for hydroxylation is 1. The van der Waals surface area contributed by atoms with E-state index in [4.69, 9.17) is 4.42 Å². The molecule has 3 aromatic rings. The van der Waals surface area contributed by atoms with E-state index >= 15 is 0 Å². The van der Waals surface area contributed by atoms with Crippen LogP contribution in [0.5, 0.6) is 0 Å². The summed E-state index contributed by atoms with van der Waals surface area (Å²) in [7, 11) is 0. The fourth-order valence-electron chi connectivity index (χ4n) is 2.38. The van der Waals surface area contributed by atoms with Gasteiger partial charge in [-0.1, -0.05) is 30.0 Å². The van der Waals surface area contributed by atoms with Crippen molar-refractivity contribution in [3.8, 4) is 0 Å². The number of nitro groups is 1. The molecule has 142 valence electrons. The highest BCUT2D eigenvalue weighted by atomic mass is 32.2. The van der Waals surface area contributed by atoms with E-state index in [1.54, 1.807) is 0 Å². The molecule has 0 aliphatic heterocycles. The number of allylic oxidation sites excluding steroid dienone is 1. The summed E-state index contributed by atoms with van der Waals surface area (Å²) in [5.41, 5.74) is 4.41. The zero-order chi connectivity index (χ0) is 19.9. The quantitative estimate of drug-likeness (QED) is 0.280. The van der Waals surface area contributed by atoms with E-state index in [9.17, 15) is 14.9 Å². The molecule has 2 heterocycles. The normalized spacial score (nSPS) is 11.5. The minimum Gasteiger partial charge on any atom is -0.401 e. The lowest BCUT2D eigenvalue weighted by Gasteiger charge is -2.05. The number of nitrogens with one attached hydrogen (secondary N) is 1. The van der Waals surface area contributed by atoms with Gasteiger partial charge >= 0.3 is 5.88 Å². The maximum Gasteiger partial charge on any atom is 0.433 e. The molecule has 0 unspecified atom stereocenters. The van der Waals surface area contributed by atoms with Crippen molar-refractivity contribution < 1.29 is 14.1 Å². The lowest BCUT2D eigenvalue weighted by Crippen LogP contribution is -2.19. The zero-order valence-corrected chi connectivity index (χ0v) is 15.7. The van der Waals surface area contributed by atoms with Crippen LogP contribution in [0.25, 0.3) is 17.0 Å². The molecule has 1 amide bonds. The molecule has 0 saturated carbocycles. The highest BCUT2D eigenvalue weighted by molar-refractivity contribution is 7.99. The second-order valence-electron chi connectivity index (χ2n) is 5.69. The molecule has 0 radical (unpaired) electrons. The first-order valence-electron chi connectivity index (χ1n) is 8.25. The van der Waals surface area contributed by atoms with Gasteiger partial charge in [-0.05, 0) is 42.8 Å². The van der Waals surface area contributed by atoms with Gasteiger partial charge in [-0.15, -0.1) is 0 Å². The van der Waals surface area contributed by atoms with Gasteiger partial charge in [0, 0.05) is 11.6 Å². The molecule has 0 fully saturated rings. The summed E-state index contributed by atoms with van der Waals surface area (Å²) in [5, 5.41) is 16.2. The van der Waals surface area contributed by atoms with Gasteiger partial charge in [-0.2, -0.15) is 5.10 Å². The van der Waals surface area contributed by atoms with Gasteiger partial charge in [-0.3, -0.25) is 14.9 Å². The van der Waals surface area contributed by atoms with Gasteiger partial charge in [0.1, 0.15) is 10.7 Å². The number of carbonyl (C=O) groups is 1. The molecule has 28 heavy (non-hydrogen) atoms. The van der Waals surface area contributed by atoms with Gasteiger partial charge in [0.15, 0.2) is 0 Å². The summed E-state index contributed by atoms with van der Waals surface area (Å²) < 4.78 is 4.96. The number of thioether (sulfide) groups is 1. The maximum absolute atomic E-state index is 11.9. The Morgan fingerprint density at radius 2 is 2.18 bits per heavy atom. The van der Waals surface area contributed by atoms with E-state index in [1.165, 1.54) is 42.3 Å². The number of fused-ring (bicyclic) bond motifs is 1. The number of carbonyl (C=O) groups excluding carboxylic acids is 1. The van der Waals surface area contributed by atoms with E-state index in [1.807, 2.05) is 37.3 Å². The standard InChI is InChI=1S/C19H16N4O4S/c1-13-11-18(21-16-7-3-2-6-15(13)16)28-12-17(24)22-20-10-4-5-14-8-9-19(27-14)23(25)26/h2-11H,12H2,1H3,(H,22,24)/b5-4+,20-10+. The minimum atomic E-state index is -0.616. The summed E-state index contributed by atoms with van der Waals surface area (Å²) in [4.78, 5) is 26.3. The predicted molar refractivity (Wildman–Crippen MR) is 108 cm³/mol. The Kier molecular flexibility index (Phi) is 6.18. The number of rotatable bonds is 7. The van der Waals surface area contributed by atoms with E-state index in [-0.39, 0.29) is 17.5 Å². The summed E-state index contributed by atoms with van der Waals surface area (Å²) in [6.07, 6.45) is 4.36. The molecular weight excluding hydrogens is 380 g/mol. The van der Waals surface area contributed by atoms with Crippen LogP contribution in [0.2, 0.25) is 0 Å². The Labute approximate surface area is 164 Å². The fraction of sp³-hybridized carbons (Fsp3) is 0.105. The van der Waals surface area contributed by atoms with Crippen molar-refractivity contribution in [1.82, 2.24) is 10.4 Å². The fourth-order valence-corrected chi connectivity index (χ4v) is 3.15. The van der Waals surface area contributed by atoms with Gasteiger partial charge < -0.3 is 4.42 Å². The van der Waals surface area contributed by atoms with Gasteiger partial charge in [-0.25, -0.2) is 10.4 Å². The molecule has 1 N–H and O–H groups in total. The van der Waals surface area contributed by atoms with Crippen LogP contribution >= 0.6 is 11.8 Å². The molecule has 2 aromatic heterocycles. The Balaban J connectivity index is 1.48. The van der Waals surface area contributed by atoms with Crippen LogP contribution < -0.4 is 5.43 Å². The SMILES string of the molecule is Cc1cc(SCC(=O)N/N=C/C=C/c2ccc([N+](=O)[O-])o2)nc2ccccc12. The van der Waals surface area contributed by atoms with Crippen molar-refractivity contribution in [3.05, 3.63) is 70.0 Å². The summed E-state index contributed by atoms with van der Waals surface area (Å²) in [5.74, 6) is -0.107. The molecule has 0 spiro atoms. The average Bonchev–Trinajstić information content (AvgIpc) is 3.15. The molecule has 8 nitrogen and oxygen atoms in total. The summed E-state index contributed by atoms with van der Waals surface area (Å²) in [6, 6.07) is 12.5. The van der Waals surface area contributed by atoms with Crippen LogP contribution in [-0.4, -0.2) is 27.8 Å². The van der Waals surface area contributed by atoms with Crippen LogP contribution in [-0.2, 0) is 4.79 Å². The number of pyridine rings is 1. The van der Waals surface area contributed by atoms with Gasteiger partial charge in [0.2, 0.25) is 5.91 Å². The number of nitrogens with zero attached hydrogens (tertiary/aromatic N) is 3. The second kappa shape index (κ2) is 8.96. The zero-order valence-electron chi connectivity index (χ0n) is 14.9. The monoisotopic (exact) mass is 396 g/mol. The Morgan fingerprint density at radius 3 is 2.96 bits per heavy atom. The smallest absolute Gasteiger partial charge is 0.401 e.